The van der Waals surface area contributed by atoms with Crippen LogP contribution in [0.1, 0.15) is 11.1 Å². The normalized spacial score (nSPS) is 10.3. The van der Waals surface area contributed by atoms with E-state index in [9.17, 15) is 10.0 Å². The molecule has 0 spiro atoms. The van der Waals surface area contributed by atoms with E-state index in [1.807, 2.05) is 25.2 Å². The van der Waals surface area contributed by atoms with E-state index < -0.39 is 7.12 Å². The zero-order valence-electron chi connectivity index (χ0n) is 11.2. The topological polar surface area (TPSA) is 43.7 Å². The van der Waals surface area contributed by atoms with Crippen molar-refractivity contribution in [2.45, 2.75) is 13.5 Å². The van der Waals surface area contributed by atoms with E-state index in [-0.39, 0.29) is 0 Å². The number of anilines is 1. The molecule has 0 fully saturated rings. The van der Waals surface area contributed by atoms with Crippen LogP contribution in [0.15, 0.2) is 48.5 Å². The van der Waals surface area contributed by atoms with Gasteiger partial charge in [0.1, 0.15) is 0 Å². The second-order valence-corrected chi connectivity index (χ2v) is 4.76. The van der Waals surface area contributed by atoms with Gasteiger partial charge in [-0.3, -0.25) is 0 Å². The molecule has 0 aromatic heterocycles. The summed E-state index contributed by atoms with van der Waals surface area (Å²) in [5, 5.41) is 18.7. The van der Waals surface area contributed by atoms with Crippen molar-refractivity contribution in [2.24, 2.45) is 0 Å². The molecule has 0 bridgehead atoms. The number of aryl methyl sites for hydroxylation is 1. The highest BCUT2D eigenvalue weighted by molar-refractivity contribution is 6.59. The molecule has 0 atom stereocenters. The van der Waals surface area contributed by atoms with Gasteiger partial charge in [-0.2, -0.15) is 0 Å². The van der Waals surface area contributed by atoms with Crippen molar-refractivity contribution < 1.29 is 10.0 Å². The summed E-state index contributed by atoms with van der Waals surface area (Å²) in [5.41, 5.74) is 3.80. The first-order valence-electron chi connectivity index (χ1n) is 6.29. The molecular weight excluding hydrogens is 237 g/mol. The minimum atomic E-state index is -1.43. The van der Waals surface area contributed by atoms with Gasteiger partial charge in [-0.25, -0.2) is 0 Å². The zero-order chi connectivity index (χ0) is 13.8. The number of hydrogen-bond donors (Lipinski definition) is 2. The average Bonchev–Trinajstić information content (AvgIpc) is 2.39. The molecule has 4 heteroatoms. The van der Waals surface area contributed by atoms with Crippen LogP contribution in [0.5, 0.6) is 0 Å². The maximum atomic E-state index is 9.36. The molecular formula is C15H18BNO2. The first kappa shape index (κ1) is 13.7. The van der Waals surface area contributed by atoms with Crippen LogP contribution in [-0.4, -0.2) is 24.2 Å². The van der Waals surface area contributed by atoms with Crippen LogP contribution in [0.2, 0.25) is 0 Å². The first-order valence-corrected chi connectivity index (χ1v) is 6.29. The molecule has 2 aromatic carbocycles. The molecule has 19 heavy (non-hydrogen) atoms. The van der Waals surface area contributed by atoms with Crippen molar-refractivity contribution in [3.05, 3.63) is 59.7 Å². The molecule has 2 rings (SSSR count). The minimum Gasteiger partial charge on any atom is -0.423 e. The largest absolute Gasteiger partial charge is 0.488 e. The van der Waals surface area contributed by atoms with Gasteiger partial charge in [0.2, 0.25) is 0 Å². The number of hydrogen-bond acceptors (Lipinski definition) is 3. The highest BCUT2D eigenvalue weighted by atomic mass is 16.4. The number of benzene rings is 2. The molecule has 2 aromatic rings. The van der Waals surface area contributed by atoms with Gasteiger partial charge in [-0.05, 0) is 30.1 Å². The number of nitrogens with zero attached hydrogens (tertiary/aromatic N) is 1. The smallest absolute Gasteiger partial charge is 0.423 e. The van der Waals surface area contributed by atoms with Gasteiger partial charge in [0.15, 0.2) is 0 Å². The molecule has 3 nitrogen and oxygen atoms in total. The lowest BCUT2D eigenvalue weighted by Gasteiger charge is -2.21. The third kappa shape index (κ3) is 3.37. The molecule has 2 N–H and O–H groups in total. The van der Waals surface area contributed by atoms with E-state index >= 15 is 0 Å². The summed E-state index contributed by atoms with van der Waals surface area (Å²) in [5.74, 6) is 0. The summed E-state index contributed by atoms with van der Waals surface area (Å²) < 4.78 is 0. The lowest BCUT2D eigenvalue weighted by atomic mass is 9.77. The van der Waals surface area contributed by atoms with E-state index in [4.69, 9.17) is 0 Å². The Morgan fingerprint density at radius 3 is 2.26 bits per heavy atom. The Balaban J connectivity index is 2.19. The fraction of sp³-hybridized carbons (Fsp3) is 0.200. The van der Waals surface area contributed by atoms with E-state index in [2.05, 4.69) is 36.1 Å². The van der Waals surface area contributed by atoms with Crippen LogP contribution in [-0.2, 0) is 6.54 Å². The third-order valence-electron chi connectivity index (χ3n) is 3.22. The van der Waals surface area contributed by atoms with Gasteiger partial charge >= 0.3 is 7.12 Å². The molecule has 98 valence electrons. The fourth-order valence-corrected chi connectivity index (χ4v) is 2.08. The molecule has 0 amide bonds. The minimum absolute atomic E-state index is 0.557. The predicted octanol–water partition coefficient (Wildman–Crippen LogP) is 1.31. The van der Waals surface area contributed by atoms with Crippen LogP contribution in [0.3, 0.4) is 0 Å². The van der Waals surface area contributed by atoms with E-state index in [1.165, 1.54) is 5.56 Å². The zero-order valence-corrected chi connectivity index (χ0v) is 11.2. The maximum absolute atomic E-state index is 9.36. The van der Waals surface area contributed by atoms with Crippen LogP contribution in [0, 0.1) is 6.92 Å². The van der Waals surface area contributed by atoms with Crippen LogP contribution in [0.4, 0.5) is 5.69 Å². The maximum Gasteiger partial charge on any atom is 0.488 e. The summed E-state index contributed by atoms with van der Waals surface area (Å²) in [6, 6.07) is 15.6. The van der Waals surface area contributed by atoms with Crippen LogP contribution in [0.25, 0.3) is 0 Å². The van der Waals surface area contributed by atoms with Gasteiger partial charge in [-0.1, -0.05) is 42.0 Å². The fourth-order valence-electron chi connectivity index (χ4n) is 2.08. The van der Waals surface area contributed by atoms with Crippen molar-refractivity contribution in [3.63, 3.8) is 0 Å². The summed E-state index contributed by atoms with van der Waals surface area (Å²) in [6.45, 7) is 2.69. The summed E-state index contributed by atoms with van der Waals surface area (Å²) in [6.07, 6.45) is 0. The summed E-state index contributed by atoms with van der Waals surface area (Å²) >= 11 is 0. The molecule has 0 unspecified atom stereocenters. The van der Waals surface area contributed by atoms with Crippen molar-refractivity contribution in [1.82, 2.24) is 0 Å². The Hall–Kier alpha value is -1.78. The molecule has 0 heterocycles. The molecule has 0 aliphatic carbocycles. The Kier molecular flexibility index (Phi) is 4.25. The van der Waals surface area contributed by atoms with Crippen molar-refractivity contribution in [2.75, 3.05) is 11.9 Å². The van der Waals surface area contributed by atoms with Gasteiger partial charge in [0, 0.05) is 19.3 Å². The highest BCUT2D eigenvalue weighted by Crippen LogP contribution is 2.15. The van der Waals surface area contributed by atoms with Gasteiger partial charge < -0.3 is 14.9 Å². The second kappa shape index (κ2) is 5.91. The Bertz CT molecular complexity index is 540. The SMILES string of the molecule is Cc1ccc(N(C)Cc2ccccc2B(O)O)cc1. The molecule has 0 aliphatic rings. The first-order chi connectivity index (χ1) is 9.08. The van der Waals surface area contributed by atoms with E-state index in [1.54, 1.807) is 6.07 Å². The van der Waals surface area contributed by atoms with Crippen molar-refractivity contribution >= 4 is 18.3 Å². The average molecular weight is 255 g/mol. The lowest BCUT2D eigenvalue weighted by molar-refractivity contribution is 0.425. The number of rotatable bonds is 4. The van der Waals surface area contributed by atoms with Crippen LogP contribution < -0.4 is 10.4 Å². The second-order valence-electron chi connectivity index (χ2n) is 4.76. The molecule has 0 aliphatic heterocycles. The molecule has 0 saturated heterocycles. The van der Waals surface area contributed by atoms with Gasteiger partial charge in [0.05, 0.1) is 0 Å². The summed E-state index contributed by atoms with van der Waals surface area (Å²) in [4.78, 5) is 2.08. The lowest BCUT2D eigenvalue weighted by Crippen LogP contribution is -2.35. The molecule has 0 radical (unpaired) electrons. The monoisotopic (exact) mass is 255 g/mol. The van der Waals surface area contributed by atoms with E-state index in [0.717, 1.165) is 11.3 Å². The Morgan fingerprint density at radius 2 is 1.63 bits per heavy atom. The summed E-state index contributed by atoms with van der Waals surface area (Å²) in [7, 11) is 0.563. The standard InChI is InChI=1S/C15H18BNO2/c1-12-7-9-14(10-8-12)17(2)11-13-5-3-4-6-15(13)16(18)19/h3-10,18-19H,11H2,1-2H3. The Morgan fingerprint density at radius 1 is 1.00 bits per heavy atom. The highest BCUT2D eigenvalue weighted by Gasteiger charge is 2.16. The Labute approximate surface area is 114 Å². The van der Waals surface area contributed by atoms with E-state index in [0.29, 0.717) is 12.0 Å². The van der Waals surface area contributed by atoms with Crippen LogP contribution >= 0.6 is 0 Å². The van der Waals surface area contributed by atoms with Crippen molar-refractivity contribution in [3.8, 4) is 0 Å². The third-order valence-corrected chi connectivity index (χ3v) is 3.22. The quantitative estimate of drug-likeness (QED) is 0.809. The predicted molar refractivity (Wildman–Crippen MR) is 79.6 cm³/mol. The van der Waals surface area contributed by atoms with Gasteiger partial charge in [0.25, 0.3) is 0 Å². The molecule has 0 saturated carbocycles. The van der Waals surface area contributed by atoms with Gasteiger partial charge in [-0.15, -0.1) is 0 Å². The van der Waals surface area contributed by atoms with Crippen molar-refractivity contribution in [1.29, 1.82) is 0 Å².